The van der Waals surface area contributed by atoms with Crippen molar-refractivity contribution < 1.29 is 9.18 Å². The second-order valence-electron chi connectivity index (χ2n) is 4.03. The molecule has 1 unspecified atom stereocenters. The van der Waals surface area contributed by atoms with Crippen LogP contribution in [0.2, 0.25) is 0 Å². The van der Waals surface area contributed by atoms with Crippen LogP contribution in [-0.4, -0.2) is 17.3 Å². The molecule has 1 amide bonds. The van der Waals surface area contributed by atoms with E-state index in [0.29, 0.717) is 6.54 Å². The summed E-state index contributed by atoms with van der Waals surface area (Å²) in [6.45, 7) is 2.54. The Morgan fingerprint density at radius 1 is 1.50 bits per heavy atom. The Balaban J connectivity index is 2.32. The van der Waals surface area contributed by atoms with E-state index in [0.717, 1.165) is 24.1 Å². The molecule has 1 aromatic carbocycles. The van der Waals surface area contributed by atoms with Crippen LogP contribution in [0.5, 0.6) is 0 Å². The molecule has 2 rings (SSSR count). The van der Waals surface area contributed by atoms with E-state index in [-0.39, 0.29) is 16.6 Å². The van der Waals surface area contributed by atoms with Gasteiger partial charge in [-0.05, 0) is 43.5 Å². The zero-order valence-corrected chi connectivity index (χ0v) is 10.6. The van der Waals surface area contributed by atoms with Crippen LogP contribution in [0.4, 0.5) is 10.1 Å². The molecule has 0 N–H and O–H groups in total. The molecule has 86 valence electrons. The van der Waals surface area contributed by atoms with Crippen molar-refractivity contribution in [1.29, 1.82) is 0 Å². The maximum absolute atomic E-state index is 13.0. The standard InChI is InChI=1S/C12H13BrFNO/c1-8-7-9(14)4-5-11(8)15-6-2-3-10(13)12(15)16/h4-5,7,10H,2-3,6H2,1H3. The molecule has 1 saturated heterocycles. The van der Waals surface area contributed by atoms with Gasteiger partial charge in [0.1, 0.15) is 5.82 Å². The van der Waals surface area contributed by atoms with Crippen LogP contribution in [0.1, 0.15) is 18.4 Å². The van der Waals surface area contributed by atoms with Crippen LogP contribution in [0.3, 0.4) is 0 Å². The Morgan fingerprint density at radius 3 is 2.94 bits per heavy atom. The number of nitrogens with zero attached hydrogens (tertiary/aromatic N) is 1. The molecule has 1 atom stereocenters. The van der Waals surface area contributed by atoms with E-state index < -0.39 is 0 Å². The molecule has 0 radical (unpaired) electrons. The fraction of sp³-hybridized carbons (Fsp3) is 0.417. The molecule has 4 heteroatoms. The molecule has 1 aliphatic heterocycles. The Morgan fingerprint density at radius 2 is 2.25 bits per heavy atom. The maximum atomic E-state index is 13.0. The van der Waals surface area contributed by atoms with Gasteiger partial charge in [-0.15, -0.1) is 0 Å². The second-order valence-corrected chi connectivity index (χ2v) is 5.14. The van der Waals surface area contributed by atoms with Gasteiger partial charge in [0.15, 0.2) is 0 Å². The summed E-state index contributed by atoms with van der Waals surface area (Å²) < 4.78 is 13.0. The molecule has 0 aromatic heterocycles. The highest BCUT2D eigenvalue weighted by Gasteiger charge is 2.28. The Bertz CT molecular complexity index is 421. The van der Waals surface area contributed by atoms with Crippen LogP contribution >= 0.6 is 15.9 Å². The van der Waals surface area contributed by atoms with Gasteiger partial charge < -0.3 is 4.90 Å². The number of amides is 1. The third-order valence-electron chi connectivity index (χ3n) is 2.82. The molecule has 2 nitrogen and oxygen atoms in total. The number of alkyl halides is 1. The quantitative estimate of drug-likeness (QED) is 0.727. The largest absolute Gasteiger partial charge is 0.311 e. The summed E-state index contributed by atoms with van der Waals surface area (Å²) in [5, 5.41) is 0. The molecule has 16 heavy (non-hydrogen) atoms. The van der Waals surface area contributed by atoms with Gasteiger partial charge in [-0.25, -0.2) is 4.39 Å². The minimum Gasteiger partial charge on any atom is -0.311 e. The second kappa shape index (κ2) is 4.53. The lowest BCUT2D eigenvalue weighted by molar-refractivity contribution is -0.118. The molecule has 0 saturated carbocycles. The molecule has 1 heterocycles. The number of carbonyl (C=O) groups is 1. The monoisotopic (exact) mass is 285 g/mol. The Hall–Kier alpha value is -0.900. The molecule has 1 aromatic rings. The summed E-state index contributed by atoms with van der Waals surface area (Å²) in [5.74, 6) is -0.193. The number of halogens is 2. The van der Waals surface area contributed by atoms with E-state index >= 15 is 0 Å². The first kappa shape index (κ1) is 11.6. The molecule has 0 spiro atoms. The number of carbonyl (C=O) groups excluding carboxylic acids is 1. The normalized spacial score (nSPS) is 21.3. The summed E-state index contributed by atoms with van der Waals surface area (Å²) in [4.78, 5) is 13.6. The topological polar surface area (TPSA) is 20.3 Å². The van der Waals surface area contributed by atoms with Crippen LogP contribution < -0.4 is 4.90 Å². The van der Waals surface area contributed by atoms with Gasteiger partial charge >= 0.3 is 0 Å². The SMILES string of the molecule is Cc1cc(F)ccc1N1CCCC(Br)C1=O. The highest BCUT2D eigenvalue weighted by atomic mass is 79.9. The molecular weight excluding hydrogens is 273 g/mol. The van der Waals surface area contributed by atoms with Crippen molar-refractivity contribution >= 4 is 27.5 Å². The summed E-state index contributed by atoms with van der Waals surface area (Å²) in [5.41, 5.74) is 1.62. The van der Waals surface area contributed by atoms with Crippen molar-refractivity contribution in [2.45, 2.75) is 24.6 Å². The zero-order valence-electron chi connectivity index (χ0n) is 9.04. The van der Waals surface area contributed by atoms with Gasteiger partial charge in [0.05, 0.1) is 4.83 Å². The fourth-order valence-corrected chi connectivity index (χ4v) is 2.56. The first-order valence-electron chi connectivity index (χ1n) is 5.31. The number of piperidine rings is 1. The van der Waals surface area contributed by atoms with Crippen molar-refractivity contribution in [1.82, 2.24) is 0 Å². The number of benzene rings is 1. The summed E-state index contributed by atoms with van der Waals surface area (Å²) in [6.07, 6.45) is 1.84. The predicted molar refractivity (Wildman–Crippen MR) is 65.4 cm³/mol. The van der Waals surface area contributed by atoms with Crippen LogP contribution in [-0.2, 0) is 4.79 Å². The predicted octanol–water partition coefficient (Wildman–Crippen LogP) is 3.02. The Labute approximate surface area is 103 Å². The van der Waals surface area contributed by atoms with E-state index in [2.05, 4.69) is 15.9 Å². The lowest BCUT2D eigenvalue weighted by Gasteiger charge is -2.30. The summed E-state index contributed by atoms with van der Waals surface area (Å²) in [6, 6.07) is 4.53. The first-order chi connectivity index (χ1) is 7.59. The fourth-order valence-electron chi connectivity index (χ4n) is 1.99. The highest BCUT2D eigenvalue weighted by molar-refractivity contribution is 9.10. The van der Waals surface area contributed by atoms with Crippen LogP contribution in [0.15, 0.2) is 18.2 Å². The smallest absolute Gasteiger partial charge is 0.240 e. The van der Waals surface area contributed by atoms with Crippen molar-refractivity contribution in [3.05, 3.63) is 29.6 Å². The Kier molecular flexibility index (Phi) is 3.28. The van der Waals surface area contributed by atoms with E-state index in [1.807, 2.05) is 6.92 Å². The van der Waals surface area contributed by atoms with Crippen molar-refractivity contribution in [2.75, 3.05) is 11.4 Å². The summed E-state index contributed by atoms with van der Waals surface area (Å²) >= 11 is 3.37. The van der Waals surface area contributed by atoms with Crippen molar-refractivity contribution in [2.24, 2.45) is 0 Å². The van der Waals surface area contributed by atoms with E-state index in [4.69, 9.17) is 0 Å². The van der Waals surface area contributed by atoms with Gasteiger partial charge in [-0.2, -0.15) is 0 Å². The number of aryl methyl sites for hydroxylation is 1. The van der Waals surface area contributed by atoms with Crippen molar-refractivity contribution in [3.63, 3.8) is 0 Å². The lowest BCUT2D eigenvalue weighted by Crippen LogP contribution is -2.42. The van der Waals surface area contributed by atoms with Gasteiger partial charge in [0.2, 0.25) is 5.91 Å². The highest BCUT2D eigenvalue weighted by Crippen LogP contribution is 2.27. The number of hydrogen-bond acceptors (Lipinski definition) is 1. The first-order valence-corrected chi connectivity index (χ1v) is 6.23. The maximum Gasteiger partial charge on any atom is 0.240 e. The van der Waals surface area contributed by atoms with Gasteiger partial charge in [0, 0.05) is 12.2 Å². The summed E-state index contributed by atoms with van der Waals surface area (Å²) in [7, 11) is 0. The van der Waals surface area contributed by atoms with Gasteiger partial charge in [-0.1, -0.05) is 15.9 Å². The van der Waals surface area contributed by atoms with Crippen molar-refractivity contribution in [3.8, 4) is 0 Å². The number of hydrogen-bond donors (Lipinski definition) is 0. The minimum absolute atomic E-state index is 0.0703. The van der Waals surface area contributed by atoms with Gasteiger partial charge in [0.25, 0.3) is 0 Å². The van der Waals surface area contributed by atoms with Gasteiger partial charge in [-0.3, -0.25) is 4.79 Å². The number of anilines is 1. The van der Waals surface area contributed by atoms with E-state index in [1.165, 1.54) is 12.1 Å². The van der Waals surface area contributed by atoms with E-state index in [1.54, 1.807) is 11.0 Å². The van der Waals surface area contributed by atoms with Crippen LogP contribution in [0.25, 0.3) is 0 Å². The molecule has 0 aliphatic carbocycles. The number of rotatable bonds is 1. The molecule has 0 bridgehead atoms. The molecular formula is C12H13BrFNO. The average molecular weight is 286 g/mol. The zero-order chi connectivity index (χ0) is 11.7. The molecule has 1 fully saturated rings. The minimum atomic E-state index is -0.263. The molecule has 1 aliphatic rings. The third-order valence-corrected chi connectivity index (χ3v) is 3.67. The van der Waals surface area contributed by atoms with E-state index in [9.17, 15) is 9.18 Å². The van der Waals surface area contributed by atoms with Crippen LogP contribution in [0, 0.1) is 12.7 Å². The lowest BCUT2D eigenvalue weighted by atomic mass is 10.1. The average Bonchev–Trinajstić information content (AvgIpc) is 2.23. The third kappa shape index (κ3) is 2.12.